The lowest BCUT2D eigenvalue weighted by molar-refractivity contribution is -0.0130. The van der Waals surface area contributed by atoms with Crippen molar-refractivity contribution in [2.24, 2.45) is 0 Å². The average Bonchev–Trinajstić information content (AvgIpc) is 2.96. The smallest absolute Gasteiger partial charge is 0.257 e. The van der Waals surface area contributed by atoms with Gasteiger partial charge in [0.25, 0.3) is 5.91 Å². The minimum absolute atomic E-state index is 0.125. The van der Waals surface area contributed by atoms with E-state index in [0.717, 1.165) is 16.7 Å². The summed E-state index contributed by atoms with van der Waals surface area (Å²) < 4.78 is 5.34. The Morgan fingerprint density at radius 1 is 0.850 bits per heavy atom. The Bertz CT molecular complexity index is 1950. The number of aryl methyl sites for hydroxylation is 1. The minimum Gasteiger partial charge on any atom is -0.497 e. The van der Waals surface area contributed by atoms with Crippen molar-refractivity contribution in [2.45, 2.75) is 39.0 Å². The topological polar surface area (TPSA) is 83.9 Å². The number of carbonyl (C=O) groups is 1. The van der Waals surface area contributed by atoms with E-state index in [2.05, 4.69) is 0 Å². The number of hydrogen-bond acceptors (Lipinski definition) is 5. The van der Waals surface area contributed by atoms with Crippen LogP contribution in [0.25, 0.3) is 27.6 Å². The molecule has 0 spiro atoms. The summed E-state index contributed by atoms with van der Waals surface area (Å²) in [6.07, 6.45) is 0.480. The fourth-order valence-corrected chi connectivity index (χ4v) is 5.99. The molecule has 1 heterocycles. The molecule has 200 valence electrons. The zero-order valence-corrected chi connectivity index (χ0v) is 22.8. The summed E-state index contributed by atoms with van der Waals surface area (Å²) in [4.78, 5) is 42.6. The fraction of sp³-hybridized carbons (Fsp3) is 0.206. The van der Waals surface area contributed by atoms with Gasteiger partial charge in [0.2, 0.25) is 0 Å². The first-order valence-corrected chi connectivity index (χ1v) is 13.3. The van der Waals surface area contributed by atoms with Gasteiger partial charge in [-0.15, -0.1) is 0 Å². The van der Waals surface area contributed by atoms with Gasteiger partial charge in [-0.1, -0.05) is 61.0 Å². The predicted octanol–water partition coefficient (Wildman–Crippen LogP) is 4.98. The quantitative estimate of drug-likeness (QED) is 0.346. The van der Waals surface area contributed by atoms with Crippen LogP contribution in [0.1, 0.15) is 64.6 Å². The maximum absolute atomic E-state index is 13.8. The van der Waals surface area contributed by atoms with Gasteiger partial charge in [-0.25, -0.2) is 0 Å². The summed E-state index contributed by atoms with van der Waals surface area (Å²) in [5, 5.41) is 13.2. The van der Waals surface area contributed by atoms with Crippen LogP contribution in [-0.2, 0) is 0 Å². The third kappa shape index (κ3) is 3.87. The van der Waals surface area contributed by atoms with Crippen LogP contribution in [0.2, 0.25) is 0 Å². The van der Waals surface area contributed by atoms with Crippen LogP contribution in [0, 0.1) is 6.92 Å². The van der Waals surface area contributed by atoms with Crippen molar-refractivity contribution < 1.29 is 14.6 Å². The Kier molecular flexibility index (Phi) is 6.15. The molecular formula is C34H29NO5. The summed E-state index contributed by atoms with van der Waals surface area (Å²) >= 11 is 0. The van der Waals surface area contributed by atoms with E-state index >= 15 is 0 Å². The summed E-state index contributed by atoms with van der Waals surface area (Å²) in [5.41, 5.74) is 3.05. The van der Waals surface area contributed by atoms with Crippen LogP contribution in [0.15, 0.2) is 82.4 Å². The molecule has 1 N–H and O–H groups in total. The highest BCUT2D eigenvalue weighted by atomic mass is 16.5. The van der Waals surface area contributed by atoms with Gasteiger partial charge in [0, 0.05) is 38.6 Å². The summed E-state index contributed by atoms with van der Waals surface area (Å²) in [6, 6.07) is 21.5. The van der Waals surface area contributed by atoms with Crippen molar-refractivity contribution in [2.75, 3.05) is 7.11 Å². The predicted molar refractivity (Wildman–Crippen MR) is 157 cm³/mol. The Morgan fingerprint density at radius 2 is 1.52 bits per heavy atom. The van der Waals surface area contributed by atoms with Crippen molar-refractivity contribution in [3.8, 4) is 5.75 Å². The minimum atomic E-state index is -1.26. The van der Waals surface area contributed by atoms with Gasteiger partial charge in [-0.05, 0) is 55.3 Å². The van der Waals surface area contributed by atoms with Crippen molar-refractivity contribution in [1.29, 1.82) is 0 Å². The number of methoxy groups -OCH3 is 1. The normalized spacial score (nSPS) is 17.0. The number of aliphatic hydroxyl groups excluding tert-OH is 1. The highest BCUT2D eigenvalue weighted by Gasteiger charge is 2.37. The van der Waals surface area contributed by atoms with E-state index in [1.807, 2.05) is 69.3 Å². The molecule has 1 aliphatic rings. The SMILES string of the molecule is COc1cccc(C(C)N2C(=O)c3ccc4c(=O)/c(=C\C(C)c5cccc(C)c5)c(=O)c5ccc(c3c45)C2O)c1. The van der Waals surface area contributed by atoms with E-state index < -0.39 is 12.3 Å². The molecule has 0 bridgehead atoms. The molecule has 0 aromatic heterocycles. The number of amides is 1. The standard InChI is InChI=1S/C34H29NO5/c1-18-7-5-8-21(15-18)19(2)16-28-31(36)24-11-13-26-30-27(14-12-25(29(24)30)32(28)37)34(39)35(33(26)38)20(3)22-9-6-10-23(17-22)40-4/h5-17,19-20,33,38H,1-4H3/b28-16-. The van der Waals surface area contributed by atoms with Gasteiger partial charge >= 0.3 is 0 Å². The largest absolute Gasteiger partial charge is 0.497 e. The van der Waals surface area contributed by atoms with Crippen LogP contribution in [0.4, 0.5) is 0 Å². The van der Waals surface area contributed by atoms with Crippen LogP contribution in [0.5, 0.6) is 5.75 Å². The molecule has 0 saturated carbocycles. The molecule has 6 heteroatoms. The molecule has 0 radical (unpaired) electrons. The van der Waals surface area contributed by atoms with Crippen molar-refractivity contribution >= 4 is 33.5 Å². The lowest BCUT2D eigenvalue weighted by Crippen LogP contribution is -2.42. The number of nitrogens with zero attached hydrogens (tertiary/aromatic N) is 1. The second-order valence-corrected chi connectivity index (χ2v) is 10.6. The Labute approximate surface area is 231 Å². The molecule has 5 aromatic rings. The Morgan fingerprint density at radius 3 is 2.23 bits per heavy atom. The number of aliphatic hydroxyl groups is 1. The average molecular weight is 532 g/mol. The number of benzene rings is 5. The zero-order chi connectivity index (χ0) is 28.3. The molecule has 0 aliphatic carbocycles. The highest BCUT2D eigenvalue weighted by Crippen LogP contribution is 2.42. The maximum Gasteiger partial charge on any atom is 0.257 e. The number of carbonyl (C=O) groups excluding carboxylic acids is 1. The molecular weight excluding hydrogens is 502 g/mol. The molecule has 6 rings (SSSR count). The summed E-state index contributed by atoms with van der Waals surface area (Å²) in [7, 11) is 1.58. The molecule has 3 unspecified atom stereocenters. The number of rotatable bonds is 5. The van der Waals surface area contributed by atoms with E-state index in [4.69, 9.17) is 4.74 Å². The molecule has 40 heavy (non-hydrogen) atoms. The molecule has 1 amide bonds. The van der Waals surface area contributed by atoms with Gasteiger partial charge in [0.05, 0.1) is 18.4 Å². The molecule has 3 atom stereocenters. The molecule has 6 nitrogen and oxygen atoms in total. The first-order chi connectivity index (χ1) is 19.2. The molecule has 0 fully saturated rings. The fourth-order valence-electron chi connectivity index (χ4n) is 5.99. The van der Waals surface area contributed by atoms with E-state index in [1.165, 1.54) is 4.90 Å². The van der Waals surface area contributed by atoms with Crippen molar-refractivity contribution in [3.05, 3.63) is 126 Å². The van der Waals surface area contributed by atoms with Crippen LogP contribution in [-0.4, -0.2) is 23.0 Å². The van der Waals surface area contributed by atoms with Gasteiger partial charge in [0.1, 0.15) is 5.75 Å². The molecule has 0 saturated heterocycles. The first-order valence-electron chi connectivity index (χ1n) is 13.3. The second-order valence-electron chi connectivity index (χ2n) is 10.6. The lowest BCUT2D eigenvalue weighted by Gasteiger charge is -2.38. The lowest BCUT2D eigenvalue weighted by atomic mass is 9.87. The number of ether oxygens (including phenoxy) is 1. The van der Waals surface area contributed by atoms with E-state index in [9.17, 15) is 19.5 Å². The second kappa shape index (κ2) is 9.57. The Hall–Kier alpha value is -4.55. The van der Waals surface area contributed by atoms with Gasteiger partial charge in [-0.3, -0.25) is 14.4 Å². The molecule has 1 aliphatic heterocycles. The third-order valence-electron chi connectivity index (χ3n) is 8.16. The van der Waals surface area contributed by atoms with Crippen molar-refractivity contribution in [3.63, 3.8) is 0 Å². The monoisotopic (exact) mass is 531 g/mol. The first kappa shape index (κ1) is 25.7. The van der Waals surface area contributed by atoms with E-state index in [0.29, 0.717) is 38.4 Å². The van der Waals surface area contributed by atoms with Crippen LogP contribution >= 0.6 is 0 Å². The van der Waals surface area contributed by atoms with Gasteiger partial charge in [0.15, 0.2) is 17.1 Å². The van der Waals surface area contributed by atoms with E-state index in [-0.39, 0.29) is 27.9 Å². The van der Waals surface area contributed by atoms with Crippen LogP contribution in [0.3, 0.4) is 0 Å². The van der Waals surface area contributed by atoms with Crippen molar-refractivity contribution in [1.82, 2.24) is 4.90 Å². The maximum atomic E-state index is 13.8. The van der Waals surface area contributed by atoms with Crippen LogP contribution < -0.4 is 20.8 Å². The van der Waals surface area contributed by atoms with Gasteiger partial charge < -0.3 is 14.7 Å². The summed E-state index contributed by atoms with van der Waals surface area (Å²) in [5.74, 6) is 0.139. The van der Waals surface area contributed by atoms with Gasteiger partial charge in [-0.2, -0.15) is 0 Å². The van der Waals surface area contributed by atoms with E-state index in [1.54, 1.807) is 37.5 Å². The highest BCUT2D eigenvalue weighted by molar-refractivity contribution is 6.20. The third-order valence-corrected chi connectivity index (χ3v) is 8.16. The molecule has 5 aromatic carbocycles. The summed E-state index contributed by atoms with van der Waals surface area (Å²) in [6.45, 7) is 5.82. The Balaban J connectivity index is 1.53. The number of hydrogen-bond donors (Lipinski definition) is 1. The zero-order valence-electron chi connectivity index (χ0n) is 22.8.